The second kappa shape index (κ2) is 11.3. The molecule has 0 saturated carbocycles. The molecule has 0 unspecified atom stereocenters. The molecule has 0 radical (unpaired) electrons. The maximum atomic E-state index is 12.0. The number of nitrogens with zero attached hydrogens (tertiary/aromatic N) is 1. The number of ether oxygens (including phenoxy) is 1. The van der Waals surface area contributed by atoms with Gasteiger partial charge < -0.3 is 10.1 Å². The molecule has 0 bridgehead atoms. The lowest BCUT2D eigenvalue weighted by Gasteiger charge is -2.08. The standard InChI is InChI=1S/C24H21Cl2N3O3/c1-2-16-6-10-20(11-7-16)28-23(30)24(31)29-27-14-17-4-3-5-21(12-17)32-15-18-8-9-19(25)13-22(18)26/h3-14H,2,15H2,1H3,(H,28,30)(H,29,31)/b27-14-. The molecule has 0 saturated heterocycles. The Kier molecular flexibility index (Phi) is 8.25. The highest BCUT2D eigenvalue weighted by Crippen LogP contribution is 2.23. The number of nitrogens with one attached hydrogen (secondary N) is 2. The monoisotopic (exact) mass is 469 g/mol. The molecular weight excluding hydrogens is 449 g/mol. The van der Waals surface area contributed by atoms with E-state index in [4.69, 9.17) is 27.9 Å². The Morgan fingerprint density at radius 3 is 2.50 bits per heavy atom. The van der Waals surface area contributed by atoms with Crippen molar-refractivity contribution in [3.8, 4) is 5.75 Å². The summed E-state index contributed by atoms with van der Waals surface area (Å²) < 4.78 is 5.76. The number of halogens is 2. The van der Waals surface area contributed by atoms with Gasteiger partial charge in [-0.25, -0.2) is 5.43 Å². The van der Waals surface area contributed by atoms with Crippen molar-refractivity contribution >= 4 is 46.9 Å². The number of anilines is 1. The number of carbonyl (C=O) groups excluding carboxylic acids is 2. The van der Waals surface area contributed by atoms with Gasteiger partial charge in [-0.3, -0.25) is 9.59 Å². The molecule has 0 aliphatic heterocycles. The number of carbonyl (C=O) groups is 2. The fourth-order valence-electron chi connectivity index (χ4n) is 2.71. The van der Waals surface area contributed by atoms with E-state index < -0.39 is 11.8 Å². The van der Waals surface area contributed by atoms with Crippen LogP contribution in [0.2, 0.25) is 10.0 Å². The molecule has 2 N–H and O–H groups in total. The molecule has 32 heavy (non-hydrogen) atoms. The van der Waals surface area contributed by atoms with E-state index in [1.807, 2.05) is 19.1 Å². The van der Waals surface area contributed by atoms with Crippen molar-refractivity contribution < 1.29 is 14.3 Å². The molecule has 0 heterocycles. The van der Waals surface area contributed by atoms with Crippen LogP contribution in [0.3, 0.4) is 0 Å². The number of hydrazone groups is 1. The zero-order chi connectivity index (χ0) is 22.9. The molecule has 8 heteroatoms. The van der Waals surface area contributed by atoms with Gasteiger partial charge in [-0.1, -0.05) is 60.5 Å². The Bertz CT molecular complexity index is 1130. The molecule has 3 rings (SSSR count). The maximum Gasteiger partial charge on any atom is 0.329 e. The van der Waals surface area contributed by atoms with Gasteiger partial charge in [0.25, 0.3) is 0 Å². The lowest BCUT2D eigenvalue weighted by atomic mass is 10.1. The highest BCUT2D eigenvalue weighted by atomic mass is 35.5. The van der Waals surface area contributed by atoms with Crippen LogP contribution in [0.1, 0.15) is 23.6 Å². The first-order valence-corrected chi connectivity index (χ1v) is 10.6. The van der Waals surface area contributed by atoms with Crippen molar-refractivity contribution in [2.24, 2.45) is 5.10 Å². The summed E-state index contributed by atoms with van der Waals surface area (Å²) >= 11 is 12.1. The topological polar surface area (TPSA) is 79.8 Å². The fourth-order valence-corrected chi connectivity index (χ4v) is 3.18. The molecule has 6 nitrogen and oxygen atoms in total. The van der Waals surface area contributed by atoms with Gasteiger partial charge in [-0.2, -0.15) is 5.10 Å². The number of benzene rings is 3. The van der Waals surface area contributed by atoms with Crippen LogP contribution in [0, 0.1) is 0 Å². The van der Waals surface area contributed by atoms with Crippen LogP contribution in [0.5, 0.6) is 5.75 Å². The van der Waals surface area contributed by atoms with E-state index in [0.717, 1.165) is 17.5 Å². The summed E-state index contributed by atoms with van der Waals surface area (Å²) in [6, 6.07) is 19.6. The maximum absolute atomic E-state index is 12.0. The van der Waals surface area contributed by atoms with Crippen molar-refractivity contribution in [3.05, 3.63) is 93.5 Å². The Hall–Kier alpha value is -3.35. The SMILES string of the molecule is CCc1ccc(NC(=O)C(=O)N/N=C\c2cccc(OCc3ccc(Cl)cc3Cl)c2)cc1. The first-order chi connectivity index (χ1) is 15.4. The van der Waals surface area contributed by atoms with Crippen LogP contribution in [0.4, 0.5) is 5.69 Å². The summed E-state index contributed by atoms with van der Waals surface area (Å²) in [6.07, 6.45) is 2.31. The molecule has 0 fully saturated rings. The van der Waals surface area contributed by atoms with Gasteiger partial charge in [0, 0.05) is 21.3 Å². The lowest BCUT2D eigenvalue weighted by Crippen LogP contribution is -2.32. The summed E-state index contributed by atoms with van der Waals surface area (Å²) in [5.74, 6) is -1.08. The van der Waals surface area contributed by atoms with Gasteiger partial charge in [0.05, 0.1) is 6.21 Å². The predicted molar refractivity (Wildman–Crippen MR) is 127 cm³/mol. The van der Waals surface area contributed by atoms with Crippen LogP contribution in [-0.4, -0.2) is 18.0 Å². The quantitative estimate of drug-likeness (QED) is 0.282. The minimum Gasteiger partial charge on any atom is -0.489 e. The van der Waals surface area contributed by atoms with E-state index in [1.54, 1.807) is 54.6 Å². The van der Waals surface area contributed by atoms with Crippen molar-refractivity contribution in [2.75, 3.05) is 5.32 Å². The van der Waals surface area contributed by atoms with Crippen molar-refractivity contribution in [2.45, 2.75) is 20.0 Å². The Morgan fingerprint density at radius 2 is 1.78 bits per heavy atom. The third-order valence-electron chi connectivity index (χ3n) is 4.47. The molecule has 0 aliphatic carbocycles. The lowest BCUT2D eigenvalue weighted by molar-refractivity contribution is -0.136. The minimum atomic E-state index is -0.870. The average molecular weight is 470 g/mol. The number of hydrogen-bond acceptors (Lipinski definition) is 4. The van der Waals surface area contributed by atoms with Crippen molar-refractivity contribution in [1.29, 1.82) is 0 Å². The first kappa shape index (κ1) is 23.3. The van der Waals surface area contributed by atoms with E-state index in [2.05, 4.69) is 15.8 Å². The number of aryl methyl sites for hydroxylation is 1. The van der Waals surface area contributed by atoms with Gasteiger partial charge in [-0.15, -0.1) is 0 Å². The van der Waals surface area contributed by atoms with E-state index >= 15 is 0 Å². The van der Waals surface area contributed by atoms with Crippen LogP contribution in [0.15, 0.2) is 71.8 Å². The average Bonchev–Trinajstić information content (AvgIpc) is 2.79. The minimum absolute atomic E-state index is 0.271. The highest BCUT2D eigenvalue weighted by molar-refractivity contribution is 6.39. The van der Waals surface area contributed by atoms with E-state index in [9.17, 15) is 9.59 Å². The van der Waals surface area contributed by atoms with Crippen LogP contribution < -0.4 is 15.5 Å². The molecule has 0 aromatic heterocycles. The molecule has 0 atom stereocenters. The molecular formula is C24H21Cl2N3O3. The Balaban J connectivity index is 1.52. The largest absolute Gasteiger partial charge is 0.489 e. The van der Waals surface area contributed by atoms with Gasteiger partial charge in [0.2, 0.25) is 0 Å². The number of amides is 2. The van der Waals surface area contributed by atoms with Gasteiger partial charge in [-0.05, 0) is 53.9 Å². The fraction of sp³-hybridized carbons (Fsp3) is 0.125. The van der Waals surface area contributed by atoms with E-state index in [-0.39, 0.29) is 6.61 Å². The molecule has 0 spiro atoms. The van der Waals surface area contributed by atoms with E-state index in [0.29, 0.717) is 27.0 Å². The van der Waals surface area contributed by atoms with E-state index in [1.165, 1.54) is 6.21 Å². The zero-order valence-electron chi connectivity index (χ0n) is 17.3. The van der Waals surface area contributed by atoms with Crippen LogP contribution in [0.25, 0.3) is 0 Å². The van der Waals surface area contributed by atoms with Crippen LogP contribution in [-0.2, 0) is 22.6 Å². The predicted octanol–water partition coefficient (Wildman–Crippen LogP) is 5.22. The molecule has 3 aromatic carbocycles. The molecule has 0 aliphatic rings. The summed E-state index contributed by atoms with van der Waals surface area (Å²) in [7, 11) is 0. The third kappa shape index (κ3) is 6.83. The number of rotatable bonds is 7. The molecule has 3 aromatic rings. The second-order valence-electron chi connectivity index (χ2n) is 6.80. The normalized spacial score (nSPS) is 10.7. The summed E-state index contributed by atoms with van der Waals surface area (Å²) in [5.41, 5.74) is 5.37. The van der Waals surface area contributed by atoms with Crippen LogP contribution >= 0.6 is 23.2 Å². The smallest absolute Gasteiger partial charge is 0.329 e. The highest BCUT2D eigenvalue weighted by Gasteiger charge is 2.12. The van der Waals surface area contributed by atoms with Gasteiger partial charge >= 0.3 is 11.8 Å². The summed E-state index contributed by atoms with van der Waals surface area (Å²) in [4.78, 5) is 24.0. The third-order valence-corrected chi connectivity index (χ3v) is 5.06. The Morgan fingerprint density at radius 1 is 1.00 bits per heavy atom. The van der Waals surface area contributed by atoms with Gasteiger partial charge in [0.15, 0.2) is 0 Å². The Labute approximate surface area is 196 Å². The second-order valence-corrected chi connectivity index (χ2v) is 7.64. The van der Waals surface area contributed by atoms with Crippen molar-refractivity contribution in [1.82, 2.24) is 5.43 Å². The van der Waals surface area contributed by atoms with Gasteiger partial charge in [0.1, 0.15) is 12.4 Å². The first-order valence-electron chi connectivity index (χ1n) is 9.84. The summed E-state index contributed by atoms with van der Waals surface area (Å²) in [6.45, 7) is 2.31. The zero-order valence-corrected chi connectivity index (χ0v) is 18.8. The number of hydrogen-bond donors (Lipinski definition) is 2. The molecule has 164 valence electrons. The van der Waals surface area contributed by atoms with Crippen molar-refractivity contribution in [3.63, 3.8) is 0 Å². The summed E-state index contributed by atoms with van der Waals surface area (Å²) in [5, 5.41) is 7.45. The molecule has 2 amide bonds.